The van der Waals surface area contributed by atoms with Crippen LogP contribution in [0.2, 0.25) is 0 Å². The van der Waals surface area contributed by atoms with E-state index in [9.17, 15) is 14.9 Å². The smallest absolute Gasteiger partial charge is 0.337 e. The molecular weight excluding hydrogens is 584 g/mol. The summed E-state index contributed by atoms with van der Waals surface area (Å²) in [6.45, 7) is 2.06. The number of nitriles is 1. The molecule has 0 radical (unpaired) electrons. The van der Waals surface area contributed by atoms with Crippen molar-refractivity contribution < 1.29 is 23.8 Å². The van der Waals surface area contributed by atoms with Crippen molar-refractivity contribution in [2.75, 3.05) is 14.2 Å². The second-order valence-corrected chi connectivity index (χ2v) is 10.9. The van der Waals surface area contributed by atoms with E-state index in [0.29, 0.717) is 45.5 Å². The van der Waals surface area contributed by atoms with Gasteiger partial charge < -0.3 is 19.5 Å². The normalized spacial score (nSPS) is 18.3. The molecule has 0 aromatic heterocycles. The summed E-state index contributed by atoms with van der Waals surface area (Å²) < 4.78 is 17.3. The zero-order chi connectivity index (χ0) is 29.1. The van der Waals surface area contributed by atoms with Gasteiger partial charge in [-0.3, -0.25) is 4.79 Å². The molecule has 2 unspecified atom stereocenters. The second-order valence-electron chi connectivity index (χ2n) is 10.1. The number of nitrogens with zero attached hydrogens (tertiary/aromatic N) is 1. The van der Waals surface area contributed by atoms with E-state index in [0.717, 1.165) is 28.1 Å². The Balaban J connectivity index is 1.49. The van der Waals surface area contributed by atoms with Gasteiger partial charge in [-0.05, 0) is 76.1 Å². The highest BCUT2D eigenvalue weighted by atomic mass is 79.9. The van der Waals surface area contributed by atoms with Gasteiger partial charge in [-0.25, -0.2) is 4.79 Å². The van der Waals surface area contributed by atoms with Gasteiger partial charge in [0, 0.05) is 23.4 Å². The molecule has 1 N–H and O–H groups in total. The van der Waals surface area contributed by atoms with E-state index in [1.54, 1.807) is 25.3 Å². The lowest BCUT2D eigenvalue weighted by Crippen LogP contribution is -2.33. The highest BCUT2D eigenvalue weighted by molar-refractivity contribution is 9.10. The van der Waals surface area contributed by atoms with Gasteiger partial charge in [0.05, 0.1) is 41.8 Å². The highest BCUT2D eigenvalue weighted by Crippen LogP contribution is 2.48. The van der Waals surface area contributed by atoms with E-state index in [-0.39, 0.29) is 18.3 Å². The number of carbonyl (C=O) groups excluding carboxylic acids is 2. The van der Waals surface area contributed by atoms with Crippen LogP contribution in [-0.2, 0) is 16.1 Å². The first-order valence-electron chi connectivity index (χ1n) is 13.2. The maximum Gasteiger partial charge on any atom is 0.337 e. The Hall–Kier alpha value is -4.35. The van der Waals surface area contributed by atoms with Crippen LogP contribution < -0.4 is 14.8 Å². The van der Waals surface area contributed by atoms with Crippen LogP contribution in [0.1, 0.15) is 58.6 Å². The number of dihydropyridines is 1. The number of rotatable bonds is 7. The fourth-order valence-corrected chi connectivity index (χ4v) is 6.16. The number of allylic oxidation sites excluding steroid dienone is 4. The molecule has 1 aliphatic carbocycles. The van der Waals surface area contributed by atoms with Gasteiger partial charge in [-0.2, -0.15) is 5.26 Å². The predicted octanol–water partition coefficient (Wildman–Crippen LogP) is 6.71. The number of carbonyl (C=O) groups is 2. The van der Waals surface area contributed by atoms with E-state index in [2.05, 4.69) is 39.4 Å². The number of nitrogens with one attached hydrogen (secondary N) is 1. The zero-order valence-corrected chi connectivity index (χ0v) is 24.6. The van der Waals surface area contributed by atoms with Crippen molar-refractivity contribution in [1.29, 1.82) is 5.26 Å². The third-order valence-corrected chi connectivity index (χ3v) is 8.12. The number of benzene rings is 3. The molecule has 1 heterocycles. The Morgan fingerprint density at radius 3 is 2.54 bits per heavy atom. The van der Waals surface area contributed by atoms with E-state index in [1.165, 1.54) is 7.11 Å². The summed E-state index contributed by atoms with van der Waals surface area (Å²) in [4.78, 5) is 25.6. The standard InChI is InChI=1S/C33H29BrN2O5/c1-19-25(17-35)30(31-27(36-19)14-23(15-28(31)37)21-9-5-4-6-10-21)24-13-26(34)32(29(16-24)39-2)41-18-20-8-7-11-22(12-20)33(38)40-3/h4-13,16,23,30,36H,14-15,18H2,1-3H3. The van der Waals surface area contributed by atoms with Crippen molar-refractivity contribution in [3.8, 4) is 17.6 Å². The molecule has 3 aromatic carbocycles. The predicted molar refractivity (Wildman–Crippen MR) is 157 cm³/mol. The SMILES string of the molecule is COC(=O)c1cccc(COc2c(Br)cc(C3C(C#N)=C(C)NC4=C3C(=O)CC(c3ccccc3)C4)cc2OC)c1. The van der Waals surface area contributed by atoms with Crippen molar-refractivity contribution in [3.05, 3.63) is 116 Å². The average molecular weight is 614 g/mol. The molecule has 2 aliphatic rings. The molecule has 0 spiro atoms. The van der Waals surface area contributed by atoms with Gasteiger partial charge >= 0.3 is 5.97 Å². The third-order valence-electron chi connectivity index (χ3n) is 7.54. The third kappa shape index (κ3) is 5.63. The average Bonchev–Trinajstić information content (AvgIpc) is 2.99. The van der Waals surface area contributed by atoms with Gasteiger partial charge in [-0.1, -0.05) is 42.5 Å². The molecule has 41 heavy (non-hydrogen) atoms. The molecule has 0 fully saturated rings. The van der Waals surface area contributed by atoms with Crippen LogP contribution in [0.15, 0.2) is 93.7 Å². The van der Waals surface area contributed by atoms with E-state index >= 15 is 0 Å². The van der Waals surface area contributed by atoms with Crippen molar-refractivity contribution >= 4 is 27.7 Å². The van der Waals surface area contributed by atoms with Crippen LogP contribution in [0, 0.1) is 11.3 Å². The number of esters is 1. The molecule has 0 amide bonds. The molecule has 0 bridgehead atoms. The van der Waals surface area contributed by atoms with Crippen molar-refractivity contribution in [3.63, 3.8) is 0 Å². The van der Waals surface area contributed by atoms with Crippen LogP contribution >= 0.6 is 15.9 Å². The molecule has 7 nitrogen and oxygen atoms in total. The molecule has 3 aromatic rings. The van der Waals surface area contributed by atoms with Crippen LogP contribution in [0.4, 0.5) is 0 Å². The minimum absolute atomic E-state index is 0.0266. The first-order valence-corrected chi connectivity index (χ1v) is 14.0. The van der Waals surface area contributed by atoms with Crippen LogP contribution in [0.3, 0.4) is 0 Å². The van der Waals surface area contributed by atoms with Gasteiger partial charge in [0.2, 0.25) is 0 Å². The number of halogens is 1. The van der Waals surface area contributed by atoms with Crippen LogP contribution in [-0.4, -0.2) is 26.0 Å². The Kier molecular flexibility index (Phi) is 8.27. The van der Waals surface area contributed by atoms with Gasteiger partial charge in [0.1, 0.15) is 6.61 Å². The Morgan fingerprint density at radius 1 is 1.05 bits per heavy atom. The lowest BCUT2D eigenvalue weighted by atomic mass is 9.72. The largest absolute Gasteiger partial charge is 0.493 e. The molecule has 0 saturated carbocycles. The number of ether oxygens (including phenoxy) is 3. The second kappa shape index (κ2) is 12.0. The summed E-state index contributed by atoms with van der Waals surface area (Å²) in [5.74, 6) is 0.0762. The topological polar surface area (TPSA) is 97.6 Å². The minimum atomic E-state index is -0.531. The molecule has 0 saturated heterocycles. The van der Waals surface area contributed by atoms with Crippen molar-refractivity contribution in [2.24, 2.45) is 0 Å². The Morgan fingerprint density at radius 2 is 1.83 bits per heavy atom. The Bertz CT molecular complexity index is 1620. The van der Waals surface area contributed by atoms with Crippen molar-refractivity contribution in [1.82, 2.24) is 5.32 Å². The monoisotopic (exact) mass is 612 g/mol. The molecule has 2 atom stereocenters. The quantitative estimate of drug-likeness (QED) is 0.296. The van der Waals surface area contributed by atoms with Gasteiger partial charge in [0.15, 0.2) is 17.3 Å². The van der Waals surface area contributed by atoms with Crippen LogP contribution in [0.5, 0.6) is 11.5 Å². The Labute approximate surface area is 247 Å². The van der Waals surface area contributed by atoms with E-state index in [4.69, 9.17) is 14.2 Å². The number of methoxy groups -OCH3 is 2. The number of ketones is 1. The maximum atomic E-state index is 13.7. The summed E-state index contributed by atoms with van der Waals surface area (Å²) in [5, 5.41) is 13.5. The lowest BCUT2D eigenvalue weighted by Gasteiger charge is -2.36. The van der Waals surface area contributed by atoms with E-state index in [1.807, 2.05) is 43.3 Å². The summed E-state index contributed by atoms with van der Waals surface area (Å²) in [7, 11) is 2.89. The van der Waals surface area contributed by atoms with Gasteiger partial charge in [0.25, 0.3) is 0 Å². The summed E-state index contributed by atoms with van der Waals surface area (Å²) >= 11 is 3.63. The summed E-state index contributed by atoms with van der Waals surface area (Å²) in [6.07, 6.45) is 1.06. The van der Waals surface area contributed by atoms with E-state index < -0.39 is 11.9 Å². The molecule has 8 heteroatoms. The molecule has 208 valence electrons. The zero-order valence-electron chi connectivity index (χ0n) is 23.0. The number of Topliss-reactive ketones (excluding diaryl/α,β-unsaturated/α-hetero) is 1. The highest BCUT2D eigenvalue weighted by Gasteiger charge is 2.39. The van der Waals surface area contributed by atoms with Crippen LogP contribution in [0.25, 0.3) is 0 Å². The fourth-order valence-electron chi connectivity index (χ4n) is 5.59. The summed E-state index contributed by atoms with van der Waals surface area (Å²) in [6, 6.07) is 23.1. The maximum absolute atomic E-state index is 13.7. The first-order chi connectivity index (χ1) is 19.8. The van der Waals surface area contributed by atoms with Gasteiger partial charge in [-0.15, -0.1) is 0 Å². The molecular formula is C33H29BrN2O5. The lowest BCUT2D eigenvalue weighted by molar-refractivity contribution is -0.116. The summed E-state index contributed by atoms with van der Waals surface area (Å²) in [5.41, 5.74) is 5.81. The fraction of sp³-hybridized carbons (Fsp3) is 0.242. The number of hydrogen-bond acceptors (Lipinski definition) is 7. The first kappa shape index (κ1) is 28.2. The molecule has 1 aliphatic heterocycles. The minimum Gasteiger partial charge on any atom is -0.493 e. The molecule has 5 rings (SSSR count). The van der Waals surface area contributed by atoms with Crippen molar-refractivity contribution in [2.45, 2.75) is 38.2 Å². The number of hydrogen-bond donors (Lipinski definition) is 1.